The normalized spacial score (nSPS) is 22.2. The van der Waals surface area contributed by atoms with Crippen LogP contribution in [0.4, 0.5) is 0 Å². The Balaban J connectivity index is 1.22. The number of nitrogens with zero attached hydrogens (tertiary/aromatic N) is 1. The minimum absolute atomic E-state index is 0.151. The Morgan fingerprint density at radius 2 is 2.00 bits per heavy atom. The van der Waals surface area contributed by atoms with E-state index in [1.807, 2.05) is 0 Å². The van der Waals surface area contributed by atoms with Crippen molar-refractivity contribution in [3.8, 4) is 0 Å². The number of hydrogen-bond acceptors (Lipinski definition) is 4. The van der Waals surface area contributed by atoms with Crippen molar-refractivity contribution >= 4 is 5.91 Å². The van der Waals surface area contributed by atoms with Crippen LogP contribution < -0.4 is 10.6 Å². The van der Waals surface area contributed by atoms with Crippen LogP contribution in [0.15, 0.2) is 30.3 Å². The lowest BCUT2D eigenvalue weighted by molar-refractivity contribution is -0.125. The molecule has 2 heterocycles. The zero-order chi connectivity index (χ0) is 18.0. The van der Waals surface area contributed by atoms with Crippen molar-refractivity contribution in [2.24, 2.45) is 5.92 Å². The highest BCUT2D eigenvalue weighted by atomic mass is 16.5. The van der Waals surface area contributed by atoms with Crippen molar-refractivity contribution in [3.05, 3.63) is 35.9 Å². The number of carbonyl (C=O) groups excluding carboxylic acids is 1. The molecular weight excluding hydrogens is 326 g/mol. The van der Waals surface area contributed by atoms with Gasteiger partial charge in [-0.3, -0.25) is 9.69 Å². The molecule has 5 heteroatoms. The minimum atomic E-state index is 0.151. The SMILES string of the molecule is O=C(NCCCOC1CCN(Cc2ccccc2)CC1)C1CCCNC1. The molecule has 3 rings (SSSR count). The molecule has 1 aromatic carbocycles. The van der Waals surface area contributed by atoms with Gasteiger partial charge in [-0.25, -0.2) is 0 Å². The van der Waals surface area contributed by atoms with Gasteiger partial charge in [0.05, 0.1) is 12.0 Å². The van der Waals surface area contributed by atoms with E-state index in [1.54, 1.807) is 0 Å². The highest BCUT2D eigenvalue weighted by Gasteiger charge is 2.21. The summed E-state index contributed by atoms with van der Waals surface area (Å²) in [5.41, 5.74) is 1.38. The fraction of sp³-hybridized carbons (Fsp3) is 0.667. The second-order valence-electron chi connectivity index (χ2n) is 7.52. The molecule has 0 bridgehead atoms. The first-order valence-electron chi connectivity index (χ1n) is 10.2. The van der Waals surface area contributed by atoms with Crippen LogP contribution in [0, 0.1) is 5.92 Å². The molecule has 1 amide bonds. The molecule has 26 heavy (non-hydrogen) atoms. The molecule has 5 nitrogen and oxygen atoms in total. The lowest BCUT2D eigenvalue weighted by Gasteiger charge is -2.32. The van der Waals surface area contributed by atoms with Crippen molar-refractivity contribution in [1.29, 1.82) is 0 Å². The lowest BCUT2D eigenvalue weighted by atomic mass is 9.99. The Labute approximate surface area is 157 Å². The molecule has 2 saturated heterocycles. The van der Waals surface area contributed by atoms with Crippen LogP contribution in [0.25, 0.3) is 0 Å². The lowest BCUT2D eigenvalue weighted by Crippen LogP contribution is -2.41. The predicted molar refractivity (Wildman–Crippen MR) is 104 cm³/mol. The van der Waals surface area contributed by atoms with Gasteiger partial charge in [-0.2, -0.15) is 0 Å². The third kappa shape index (κ3) is 6.38. The van der Waals surface area contributed by atoms with Gasteiger partial charge in [0.1, 0.15) is 0 Å². The molecule has 1 aromatic rings. The molecule has 1 unspecified atom stereocenters. The Morgan fingerprint density at radius 1 is 1.19 bits per heavy atom. The topological polar surface area (TPSA) is 53.6 Å². The molecule has 0 aliphatic carbocycles. The van der Waals surface area contributed by atoms with Crippen LogP contribution in [-0.2, 0) is 16.1 Å². The van der Waals surface area contributed by atoms with Crippen molar-refractivity contribution < 1.29 is 9.53 Å². The Bertz CT molecular complexity index is 523. The number of benzene rings is 1. The number of likely N-dealkylation sites (tertiary alicyclic amines) is 1. The number of hydrogen-bond donors (Lipinski definition) is 2. The van der Waals surface area contributed by atoms with E-state index in [4.69, 9.17) is 4.74 Å². The fourth-order valence-corrected chi connectivity index (χ4v) is 3.83. The van der Waals surface area contributed by atoms with Gasteiger partial charge >= 0.3 is 0 Å². The summed E-state index contributed by atoms with van der Waals surface area (Å²) in [6, 6.07) is 10.7. The average Bonchev–Trinajstić information content (AvgIpc) is 2.70. The highest BCUT2D eigenvalue weighted by Crippen LogP contribution is 2.16. The molecule has 0 spiro atoms. The van der Waals surface area contributed by atoms with Crippen molar-refractivity contribution in [1.82, 2.24) is 15.5 Å². The van der Waals surface area contributed by atoms with Crippen molar-refractivity contribution in [2.45, 2.75) is 44.8 Å². The van der Waals surface area contributed by atoms with Gasteiger partial charge < -0.3 is 15.4 Å². The molecule has 0 saturated carbocycles. The van der Waals surface area contributed by atoms with Gasteiger partial charge in [0.15, 0.2) is 0 Å². The smallest absolute Gasteiger partial charge is 0.224 e. The molecule has 2 fully saturated rings. The zero-order valence-corrected chi connectivity index (χ0v) is 15.8. The molecule has 2 aliphatic heterocycles. The number of carbonyl (C=O) groups is 1. The Morgan fingerprint density at radius 3 is 2.73 bits per heavy atom. The fourth-order valence-electron chi connectivity index (χ4n) is 3.83. The van der Waals surface area contributed by atoms with Crippen LogP contribution >= 0.6 is 0 Å². The van der Waals surface area contributed by atoms with Gasteiger partial charge in [-0.15, -0.1) is 0 Å². The summed E-state index contributed by atoms with van der Waals surface area (Å²) >= 11 is 0. The summed E-state index contributed by atoms with van der Waals surface area (Å²) in [4.78, 5) is 14.6. The van der Waals surface area contributed by atoms with E-state index in [-0.39, 0.29) is 11.8 Å². The quantitative estimate of drug-likeness (QED) is 0.699. The third-order valence-corrected chi connectivity index (χ3v) is 5.43. The number of piperidine rings is 2. The number of ether oxygens (including phenoxy) is 1. The van der Waals surface area contributed by atoms with E-state index in [2.05, 4.69) is 45.9 Å². The predicted octanol–water partition coefficient (Wildman–Crippen LogP) is 2.17. The van der Waals surface area contributed by atoms with E-state index in [1.165, 1.54) is 5.56 Å². The largest absolute Gasteiger partial charge is 0.378 e. The maximum absolute atomic E-state index is 12.1. The van der Waals surface area contributed by atoms with E-state index in [0.717, 1.165) is 78.0 Å². The van der Waals surface area contributed by atoms with Gasteiger partial charge in [-0.1, -0.05) is 30.3 Å². The second kappa shape index (κ2) is 10.7. The van der Waals surface area contributed by atoms with Crippen molar-refractivity contribution in [2.75, 3.05) is 39.3 Å². The van der Waals surface area contributed by atoms with Crippen LogP contribution in [0.2, 0.25) is 0 Å². The third-order valence-electron chi connectivity index (χ3n) is 5.43. The molecule has 1 atom stereocenters. The average molecular weight is 360 g/mol. The number of rotatable bonds is 8. The zero-order valence-electron chi connectivity index (χ0n) is 15.8. The molecule has 2 N–H and O–H groups in total. The van der Waals surface area contributed by atoms with Gasteiger partial charge in [0, 0.05) is 39.3 Å². The summed E-state index contributed by atoms with van der Waals surface area (Å²) in [5.74, 6) is 0.352. The first-order valence-corrected chi connectivity index (χ1v) is 10.2. The molecule has 0 radical (unpaired) electrons. The molecule has 2 aliphatic rings. The maximum Gasteiger partial charge on any atom is 0.224 e. The van der Waals surface area contributed by atoms with E-state index < -0.39 is 0 Å². The summed E-state index contributed by atoms with van der Waals surface area (Å²) < 4.78 is 6.02. The second-order valence-corrected chi connectivity index (χ2v) is 7.52. The van der Waals surface area contributed by atoms with Crippen molar-refractivity contribution in [3.63, 3.8) is 0 Å². The van der Waals surface area contributed by atoms with E-state index in [0.29, 0.717) is 6.10 Å². The van der Waals surface area contributed by atoms with Gasteiger partial charge in [-0.05, 0) is 44.2 Å². The van der Waals surface area contributed by atoms with Crippen LogP contribution in [0.1, 0.15) is 37.7 Å². The first kappa shape index (κ1) is 19.3. The van der Waals surface area contributed by atoms with Gasteiger partial charge in [0.25, 0.3) is 0 Å². The Hall–Kier alpha value is -1.43. The van der Waals surface area contributed by atoms with E-state index in [9.17, 15) is 4.79 Å². The van der Waals surface area contributed by atoms with Gasteiger partial charge in [0.2, 0.25) is 5.91 Å². The van der Waals surface area contributed by atoms with Crippen LogP contribution in [0.5, 0.6) is 0 Å². The molecular formula is C21H33N3O2. The Kier molecular flexibility index (Phi) is 7.92. The summed E-state index contributed by atoms with van der Waals surface area (Å²) in [5, 5.41) is 6.35. The summed E-state index contributed by atoms with van der Waals surface area (Å²) in [6.45, 7) is 6.58. The number of amides is 1. The molecule has 144 valence electrons. The first-order chi connectivity index (χ1) is 12.8. The minimum Gasteiger partial charge on any atom is -0.378 e. The summed E-state index contributed by atoms with van der Waals surface area (Å²) in [6.07, 6.45) is 5.59. The molecule has 0 aromatic heterocycles. The van der Waals surface area contributed by atoms with E-state index >= 15 is 0 Å². The maximum atomic E-state index is 12.1. The number of nitrogens with one attached hydrogen (secondary N) is 2. The summed E-state index contributed by atoms with van der Waals surface area (Å²) in [7, 11) is 0. The highest BCUT2D eigenvalue weighted by molar-refractivity contribution is 5.78. The van der Waals surface area contributed by atoms with Crippen LogP contribution in [0.3, 0.4) is 0 Å². The standard InChI is InChI=1S/C21H33N3O2/c25-21(19-8-4-11-22-16-19)23-12-5-15-26-20-9-13-24(14-10-20)17-18-6-2-1-3-7-18/h1-3,6-7,19-20,22H,4-5,8-17H2,(H,23,25). The van der Waals surface area contributed by atoms with Crippen LogP contribution in [-0.4, -0.2) is 56.2 Å². The monoisotopic (exact) mass is 359 g/mol.